The van der Waals surface area contributed by atoms with Crippen LogP contribution >= 0.6 is 0 Å². The summed E-state index contributed by atoms with van der Waals surface area (Å²) in [5, 5.41) is 14.7. The summed E-state index contributed by atoms with van der Waals surface area (Å²) in [6.07, 6.45) is 0.518. The first kappa shape index (κ1) is 22.8. The van der Waals surface area contributed by atoms with Gasteiger partial charge in [-0.1, -0.05) is 48.5 Å². The van der Waals surface area contributed by atoms with Gasteiger partial charge < -0.3 is 25.2 Å². The van der Waals surface area contributed by atoms with Gasteiger partial charge in [0.1, 0.15) is 6.61 Å². The summed E-state index contributed by atoms with van der Waals surface area (Å²) in [6, 6.07) is 16.2. The van der Waals surface area contributed by atoms with Crippen molar-refractivity contribution in [3.8, 4) is 11.1 Å². The summed E-state index contributed by atoms with van der Waals surface area (Å²) in [7, 11) is 1.37. The van der Waals surface area contributed by atoms with Crippen molar-refractivity contribution in [2.75, 3.05) is 26.9 Å². The molecule has 2 aliphatic rings. The molecule has 0 spiro atoms. The van der Waals surface area contributed by atoms with E-state index in [1.54, 1.807) is 0 Å². The summed E-state index contributed by atoms with van der Waals surface area (Å²) < 4.78 is 10.5. The number of nitrogens with one attached hydrogen (secondary N) is 2. The minimum absolute atomic E-state index is 0.0494. The summed E-state index contributed by atoms with van der Waals surface area (Å²) in [5.74, 6) is -1.65. The summed E-state index contributed by atoms with van der Waals surface area (Å²) in [6.45, 7) is 1.50. The number of hydrogen-bond acceptors (Lipinski definition) is 5. The van der Waals surface area contributed by atoms with Gasteiger partial charge in [-0.3, -0.25) is 4.79 Å². The first-order chi connectivity index (χ1) is 15.8. The van der Waals surface area contributed by atoms with E-state index in [1.807, 2.05) is 36.4 Å². The molecular weight excluding hydrogens is 424 g/mol. The van der Waals surface area contributed by atoms with E-state index < -0.39 is 28.9 Å². The third-order valence-electron chi connectivity index (χ3n) is 6.54. The van der Waals surface area contributed by atoms with Crippen LogP contribution in [0, 0.1) is 5.41 Å². The molecule has 8 nitrogen and oxygen atoms in total. The summed E-state index contributed by atoms with van der Waals surface area (Å²) >= 11 is 0. The van der Waals surface area contributed by atoms with Crippen molar-refractivity contribution in [1.82, 2.24) is 10.6 Å². The predicted octanol–water partition coefficient (Wildman–Crippen LogP) is 2.91. The number of methoxy groups -OCH3 is 1. The number of benzene rings is 2. The third kappa shape index (κ3) is 4.43. The van der Waals surface area contributed by atoms with Crippen LogP contribution in [-0.4, -0.2) is 55.5 Å². The molecule has 1 fully saturated rings. The first-order valence-corrected chi connectivity index (χ1v) is 10.9. The number of rotatable bonds is 9. The second-order valence-corrected chi connectivity index (χ2v) is 8.98. The third-order valence-corrected chi connectivity index (χ3v) is 6.54. The fraction of sp³-hybridized carbons (Fsp3) is 0.400. The molecule has 1 saturated carbocycles. The average Bonchev–Trinajstić information content (AvgIpc) is 3.53. The smallest absolute Gasteiger partial charge is 0.407 e. The van der Waals surface area contributed by atoms with Crippen LogP contribution in [-0.2, 0) is 19.1 Å². The Kier molecular flexibility index (Phi) is 6.12. The van der Waals surface area contributed by atoms with Crippen molar-refractivity contribution in [2.45, 2.75) is 31.2 Å². The molecule has 2 aromatic rings. The minimum atomic E-state index is -1.54. The van der Waals surface area contributed by atoms with Crippen LogP contribution in [0.15, 0.2) is 48.5 Å². The molecule has 1 unspecified atom stereocenters. The van der Waals surface area contributed by atoms with Gasteiger partial charge in [-0.15, -0.1) is 0 Å². The van der Waals surface area contributed by atoms with Gasteiger partial charge in [-0.2, -0.15) is 0 Å². The Bertz CT molecular complexity index is 1030. The molecule has 0 aliphatic heterocycles. The standard InChI is InChI=1S/C25H28N2O6/c1-24(15-32-2,22(29)30)27-21(28)25(11-12-25)14-26-23(31)33-13-20-18-9-5-3-7-16(18)17-8-4-6-10-19(17)20/h3-10,20H,11-15H2,1-2H3,(H,26,31)(H,27,28)(H,29,30). The molecule has 1 atom stereocenters. The molecule has 0 aromatic heterocycles. The second kappa shape index (κ2) is 8.86. The molecule has 2 amide bonds. The Morgan fingerprint density at radius 1 is 1.06 bits per heavy atom. The first-order valence-electron chi connectivity index (χ1n) is 10.9. The van der Waals surface area contributed by atoms with E-state index in [2.05, 4.69) is 22.8 Å². The normalized spacial score (nSPS) is 17.3. The second-order valence-electron chi connectivity index (χ2n) is 8.98. The maximum atomic E-state index is 12.8. The Hall–Kier alpha value is -3.39. The number of alkyl carbamates (subject to hydrolysis) is 1. The van der Waals surface area contributed by atoms with Crippen molar-refractivity contribution in [3.63, 3.8) is 0 Å². The van der Waals surface area contributed by atoms with E-state index in [9.17, 15) is 19.5 Å². The molecule has 174 valence electrons. The predicted molar refractivity (Wildman–Crippen MR) is 121 cm³/mol. The zero-order valence-corrected chi connectivity index (χ0v) is 18.7. The number of carboxylic acids is 1. The van der Waals surface area contributed by atoms with E-state index in [-0.39, 0.29) is 25.7 Å². The molecule has 8 heteroatoms. The maximum absolute atomic E-state index is 12.8. The highest BCUT2D eigenvalue weighted by molar-refractivity contribution is 5.92. The SMILES string of the molecule is COCC(C)(NC(=O)C1(CNC(=O)OCC2c3ccccc3-c3ccccc32)CC1)C(=O)O. The van der Waals surface area contributed by atoms with E-state index in [0.717, 1.165) is 22.3 Å². The van der Waals surface area contributed by atoms with Crippen molar-refractivity contribution in [1.29, 1.82) is 0 Å². The Morgan fingerprint density at radius 2 is 1.64 bits per heavy atom. The molecule has 2 aliphatic carbocycles. The number of ether oxygens (including phenoxy) is 2. The Labute approximate surface area is 192 Å². The highest BCUT2D eigenvalue weighted by atomic mass is 16.5. The number of fused-ring (bicyclic) bond motifs is 3. The van der Waals surface area contributed by atoms with Crippen LogP contribution in [0.2, 0.25) is 0 Å². The zero-order chi connectivity index (χ0) is 23.6. The number of carbonyl (C=O) groups excluding carboxylic acids is 2. The molecular formula is C25H28N2O6. The monoisotopic (exact) mass is 452 g/mol. The molecule has 0 saturated heterocycles. The Morgan fingerprint density at radius 3 is 2.15 bits per heavy atom. The van der Waals surface area contributed by atoms with Gasteiger partial charge in [-0.25, -0.2) is 9.59 Å². The molecule has 0 radical (unpaired) electrons. The lowest BCUT2D eigenvalue weighted by molar-refractivity contribution is -0.150. The fourth-order valence-corrected chi connectivity index (χ4v) is 4.35. The van der Waals surface area contributed by atoms with Gasteiger partial charge in [0.15, 0.2) is 5.54 Å². The number of carbonyl (C=O) groups is 3. The summed E-state index contributed by atoms with van der Waals surface area (Å²) in [4.78, 5) is 36.8. The molecule has 33 heavy (non-hydrogen) atoms. The lowest BCUT2D eigenvalue weighted by Gasteiger charge is -2.28. The Balaban J connectivity index is 1.34. The van der Waals surface area contributed by atoms with Gasteiger partial charge in [0, 0.05) is 19.6 Å². The van der Waals surface area contributed by atoms with Crippen LogP contribution in [0.5, 0.6) is 0 Å². The largest absolute Gasteiger partial charge is 0.479 e. The van der Waals surface area contributed by atoms with E-state index >= 15 is 0 Å². The van der Waals surface area contributed by atoms with Crippen LogP contribution in [0.3, 0.4) is 0 Å². The average molecular weight is 453 g/mol. The van der Waals surface area contributed by atoms with E-state index in [4.69, 9.17) is 9.47 Å². The van der Waals surface area contributed by atoms with Crippen molar-refractivity contribution in [3.05, 3.63) is 59.7 Å². The van der Waals surface area contributed by atoms with Crippen LogP contribution in [0.25, 0.3) is 11.1 Å². The number of amides is 2. The fourth-order valence-electron chi connectivity index (χ4n) is 4.35. The molecule has 3 N–H and O–H groups in total. The zero-order valence-electron chi connectivity index (χ0n) is 18.7. The maximum Gasteiger partial charge on any atom is 0.407 e. The van der Waals surface area contributed by atoms with Gasteiger partial charge in [0.05, 0.1) is 12.0 Å². The van der Waals surface area contributed by atoms with Crippen LogP contribution in [0.1, 0.15) is 36.8 Å². The number of aliphatic carboxylic acids is 1. The molecule has 2 aromatic carbocycles. The molecule has 4 rings (SSSR count). The van der Waals surface area contributed by atoms with E-state index in [0.29, 0.717) is 12.8 Å². The van der Waals surface area contributed by atoms with Crippen molar-refractivity contribution < 1.29 is 29.0 Å². The lowest BCUT2D eigenvalue weighted by Crippen LogP contribution is -2.58. The van der Waals surface area contributed by atoms with Gasteiger partial charge >= 0.3 is 12.1 Å². The van der Waals surface area contributed by atoms with Crippen LogP contribution in [0.4, 0.5) is 4.79 Å². The van der Waals surface area contributed by atoms with Crippen LogP contribution < -0.4 is 10.6 Å². The topological polar surface area (TPSA) is 114 Å². The van der Waals surface area contributed by atoms with Gasteiger partial charge in [0.25, 0.3) is 0 Å². The summed E-state index contributed by atoms with van der Waals surface area (Å²) in [5.41, 5.74) is 2.18. The van der Waals surface area contributed by atoms with Crippen molar-refractivity contribution in [2.24, 2.45) is 5.41 Å². The molecule has 0 heterocycles. The van der Waals surface area contributed by atoms with Gasteiger partial charge in [0.2, 0.25) is 5.91 Å². The lowest BCUT2D eigenvalue weighted by atomic mass is 9.98. The highest BCUT2D eigenvalue weighted by Gasteiger charge is 2.52. The molecule has 0 bridgehead atoms. The quantitative estimate of drug-likeness (QED) is 0.539. The van der Waals surface area contributed by atoms with Crippen molar-refractivity contribution >= 4 is 18.0 Å². The highest BCUT2D eigenvalue weighted by Crippen LogP contribution is 2.46. The number of hydrogen-bond donors (Lipinski definition) is 3. The van der Waals surface area contributed by atoms with E-state index in [1.165, 1.54) is 14.0 Å². The van der Waals surface area contributed by atoms with Gasteiger partial charge in [-0.05, 0) is 42.0 Å². The minimum Gasteiger partial charge on any atom is -0.479 e. The number of carboxylic acid groups (broad SMARTS) is 1.